The van der Waals surface area contributed by atoms with E-state index in [9.17, 15) is 9.59 Å². The SMILES string of the molecule is Cc1cc2oc3c(c(=O)c2cc1Cl)[C@H](c1cccc(Br)c1)N(Cc1cccnc1)C3=O. The summed E-state index contributed by atoms with van der Waals surface area (Å²) >= 11 is 9.77. The van der Waals surface area contributed by atoms with Crippen molar-refractivity contribution in [3.05, 3.63) is 109 Å². The van der Waals surface area contributed by atoms with Crippen LogP contribution in [0.3, 0.4) is 0 Å². The maximum Gasteiger partial charge on any atom is 0.291 e. The largest absolute Gasteiger partial charge is 0.450 e. The number of benzene rings is 2. The van der Waals surface area contributed by atoms with Gasteiger partial charge in [-0.3, -0.25) is 14.6 Å². The lowest BCUT2D eigenvalue weighted by atomic mass is 9.98. The van der Waals surface area contributed by atoms with Crippen LogP contribution >= 0.6 is 27.5 Å². The molecular formula is C24H16BrClN2O3. The number of aryl methyl sites for hydroxylation is 1. The van der Waals surface area contributed by atoms with E-state index >= 15 is 0 Å². The number of pyridine rings is 1. The Morgan fingerprint density at radius 3 is 2.74 bits per heavy atom. The molecule has 2 aromatic carbocycles. The molecule has 5 nitrogen and oxygen atoms in total. The van der Waals surface area contributed by atoms with Gasteiger partial charge in [-0.25, -0.2) is 0 Å². The van der Waals surface area contributed by atoms with E-state index in [-0.39, 0.29) is 17.1 Å². The van der Waals surface area contributed by atoms with Gasteiger partial charge in [0.25, 0.3) is 5.91 Å². The third kappa shape index (κ3) is 3.36. The van der Waals surface area contributed by atoms with Crippen molar-refractivity contribution in [2.24, 2.45) is 0 Å². The molecule has 0 radical (unpaired) electrons. The molecule has 0 fully saturated rings. The van der Waals surface area contributed by atoms with Crippen LogP contribution < -0.4 is 5.43 Å². The Morgan fingerprint density at radius 2 is 2.00 bits per heavy atom. The molecule has 3 heterocycles. The van der Waals surface area contributed by atoms with Gasteiger partial charge in [-0.15, -0.1) is 0 Å². The molecule has 1 atom stereocenters. The second-order valence-electron chi connectivity index (χ2n) is 7.52. The highest BCUT2D eigenvalue weighted by Gasteiger charge is 2.42. The number of hydrogen-bond donors (Lipinski definition) is 0. The molecule has 1 aliphatic rings. The predicted octanol–water partition coefficient (Wildman–Crippen LogP) is 5.66. The first kappa shape index (κ1) is 20.0. The molecule has 5 rings (SSSR count). The van der Waals surface area contributed by atoms with Gasteiger partial charge in [0, 0.05) is 28.4 Å². The van der Waals surface area contributed by atoms with E-state index in [0.29, 0.717) is 28.1 Å². The number of carbonyl (C=O) groups is 1. The Kier molecular flexibility index (Phi) is 4.91. The molecule has 0 saturated carbocycles. The monoisotopic (exact) mass is 494 g/mol. The zero-order valence-electron chi connectivity index (χ0n) is 16.4. The minimum absolute atomic E-state index is 0.0769. The van der Waals surface area contributed by atoms with E-state index < -0.39 is 6.04 Å². The molecule has 4 aromatic rings. The van der Waals surface area contributed by atoms with Crippen LogP contribution in [0.4, 0.5) is 0 Å². The van der Waals surface area contributed by atoms with E-state index in [1.807, 2.05) is 43.3 Å². The van der Waals surface area contributed by atoms with Crippen molar-refractivity contribution in [1.82, 2.24) is 9.88 Å². The maximum atomic E-state index is 13.6. The molecule has 0 unspecified atom stereocenters. The van der Waals surface area contributed by atoms with Crippen molar-refractivity contribution < 1.29 is 9.21 Å². The fourth-order valence-corrected chi connectivity index (χ4v) is 4.60. The molecule has 0 N–H and O–H groups in total. The van der Waals surface area contributed by atoms with E-state index in [4.69, 9.17) is 16.0 Å². The molecule has 31 heavy (non-hydrogen) atoms. The summed E-state index contributed by atoms with van der Waals surface area (Å²) in [5, 5.41) is 0.848. The number of nitrogens with zero attached hydrogens (tertiary/aromatic N) is 2. The Morgan fingerprint density at radius 1 is 1.16 bits per heavy atom. The van der Waals surface area contributed by atoms with Gasteiger partial charge in [-0.05, 0) is 53.9 Å². The van der Waals surface area contributed by atoms with Crippen LogP contribution in [0.5, 0.6) is 0 Å². The van der Waals surface area contributed by atoms with Gasteiger partial charge in [-0.2, -0.15) is 0 Å². The maximum absolute atomic E-state index is 13.6. The summed E-state index contributed by atoms with van der Waals surface area (Å²) in [7, 11) is 0. The van der Waals surface area contributed by atoms with Gasteiger partial charge >= 0.3 is 0 Å². The van der Waals surface area contributed by atoms with Gasteiger partial charge in [0.15, 0.2) is 5.43 Å². The van der Waals surface area contributed by atoms with Crippen LogP contribution in [0.2, 0.25) is 5.02 Å². The molecule has 0 bridgehead atoms. The predicted molar refractivity (Wildman–Crippen MR) is 122 cm³/mol. The quantitative estimate of drug-likeness (QED) is 0.368. The molecule has 154 valence electrons. The van der Waals surface area contributed by atoms with Gasteiger partial charge in [0.05, 0.1) is 17.0 Å². The number of halogens is 2. The summed E-state index contributed by atoms with van der Waals surface area (Å²) < 4.78 is 6.86. The Balaban J connectivity index is 1.76. The molecule has 1 amide bonds. The summed E-state index contributed by atoms with van der Waals surface area (Å²) in [5.74, 6) is -0.247. The van der Waals surface area contributed by atoms with Crippen molar-refractivity contribution in [2.75, 3.05) is 0 Å². The van der Waals surface area contributed by atoms with Crippen molar-refractivity contribution >= 4 is 44.4 Å². The molecule has 2 aromatic heterocycles. The first-order valence-electron chi connectivity index (χ1n) is 9.66. The smallest absolute Gasteiger partial charge is 0.291 e. The fraction of sp³-hybridized carbons (Fsp3) is 0.125. The zero-order valence-corrected chi connectivity index (χ0v) is 18.8. The van der Waals surface area contributed by atoms with Crippen LogP contribution in [-0.2, 0) is 6.54 Å². The van der Waals surface area contributed by atoms with Crippen LogP contribution in [0, 0.1) is 6.92 Å². The van der Waals surface area contributed by atoms with Gasteiger partial charge in [-0.1, -0.05) is 45.7 Å². The van der Waals surface area contributed by atoms with Gasteiger partial charge < -0.3 is 9.32 Å². The number of carbonyl (C=O) groups excluding carboxylic acids is 1. The molecule has 0 aliphatic carbocycles. The topological polar surface area (TPSA) is 63.4 Å². The summed E-state index contributed by atoms with van der Waals surface area (Å²) in [6.07, 6.45) is 3.39. The standard InChI is InChI=1S/C24H16BrClN2O3/c1-13-8-19-17(10-18(13)26)22(29)20-21(15-5-2-6-16(25)9-15)28(24(30)23(20)31-19)12-14-4-3-7-27-11-14/h2-11,21H,12H2,1H3/t21-/m0/s1. The summed E-state index contributed by atoms with van der Waals surface area (Å²) in [5.41, 5.74) is 2.90. The Bertz CT molecular complexity index is 1400. The summed E-state index contributed by atoms with van der Waals surface area (Å²) in [6, 6.07) is 14.0. The average molecular weight is 496 g/mol. The van der Waals surface area contributed by atoms with Crippen molar-refractivity contribution in [1.29, 1.82) is 0 Å². The van der Waals surface area contributed by atoms with E-state index in [0.717, 1.165) is 21.2 Å². The molecular weight excluding hydrogens is 480 g/mol. The minimum atomic E-state index is -0.582. The summed E-state index contributed by atoms with van der Waals surface area (Å²) in [4.78, 5) is 32.8. The average Bonchev–Trinajstić information content (AvgIpc) is 3.03. The Labute approximate surface area is 191 Å². The second-order valence-corrected chi connectivity index (χ2v) is 8.85. The highest BCUT2D eigenvalue weighted by Crippen LogP contribution is 2.40. The van der Waals surface area contributed by atoms with Crippen molar-refractivity contribution in [3.63, 3.8) is 0 Å². The van der Waals surface area contributed by atoms with E-state index in [1.165, 1.54) is 0 Å². The first-order valence-corrected chi connectivity index (χ1v) is 10.8. The van der Waals surface area contributed by atoms with E-state index in [1.54, 1.807) is 29.4 Å². The lowest BCUT2D eigenvalue weighted by Gasteiger charge is -2.25. The van der Waals surface area contributed by atoms with Crippen LogP contribution in [0.1, 0.15) is 38.9 Å². The number of fused-ring (bicyclic) bond motifs is 2. The third-order valence-corrected chi connectivity index (χ3v) is 6.39. The number of aromatic nitrogens is 1. The normalized spacial score (nSPS) is 15.5. The minimum Gasteiger partial charge on any atom is -0.450 e. The first-order chi connectivity index (χ1) is 14.9. The van der Waals surface area contributed by atoms with Crippen molar-refractivity contribution in [3.8, 4) is 0 Å². The van der Waals surface area contributed by atoms with E-state index in [2.05, 4.69) is 20.9 Å². The second kappa shape index (κ2) is 7.62. The highest BCUT2D eigenvalue weighted by molar-refractivity contribution is 9.10. The highest BCUT2D eigenvalue weighted by atomic mass is 79.9. The third-order valence-electron chi connectivity index (χ3n) is 5.49. The van der Waals surface area contributed by atoms with Crippen LogP contribution in [0.15, 0.2) is 74.6 Å². The molecule has 7 heteroatoms. The molecule has 0 saturated heterocycles. The Hall–Kier alpha value is -2.96. The van der Waals surface area contributed by atoms with Gasteiger partial charge in [0.2, 0.25) is 5.76 Å². The lowest BCUT2D eigenvalue weighted by molar-refractivity contribution is 0.0714. The number of rotatable bonds is 3. The van der Waals surface area contributed by atoms with Gasteiger partial charge in [0.1, 0.15) is 5.58 Å². The molecule has 1 aliphatic heterocycles. The van der Waals surface area contributed by atoms with Crippen LogP contribution in [-0.4, -0.2) is 15.8 Å². The summed E-state index contributed by atoms with van der Waals surface area (Å²) in [6.45, 7) is 2.12. The van der Waals surface area contributed by atoms with Crippen molar-refractivity contribution in [2.45, 2.75) is 19.5 Å². The zero-order chi connectivity index (χ0) is 21.7. The number of amides is 1. The van der Waals surface area contributed by atoms with Crippen LogP contribution in [0.25, 0.3) is 11.0 Å². The molecule has 0 spiro atoms. The lowest BCUT2D eigenvalue weighted by Crippen LogP contribution is -2.29. The fourth-order valence-electron chi connectivity index (χ4n) is 4.02. The number of hydrogen-bond acceptors (Lipinski definition) is 4.